The van der Waals surface area contributed by atoms with Crippen molar-refractivity contribution in [2.75, 3.05) is 13.2 Å². The molecule has 0 bridgehead atoms. The summed E-state index contributed by atoms with van der Waals surface area (Å²) >= 11 is 0. The Morgan fingerprint density at radius 1 is 1.19 bits per heavy atom. The van der Waals surface area contributed by atoms with Crippen LogP contribution in [0.1, 0.15) is 6.92 Å². The molecule has 0 spiro atoms. The predicted molar refractivity (Wildman–Crippen MR) is 51.4 cm³/mol. The third kappa shape index (κ3) is 3.11. The zero-order chi connectivity index (χ0) is 12.3. The first-order valence-corrected chi connectivity index (χ1v) is 5.07. The third-order valence-corrected chi connectivity index (χ3v) is 2.47. The van der Waals surface area contributed by atoms with Crippen LogP contribution in [0.3, 0.4) is 0 Å². The Kier molecular flexibility index (Phi) is 5.06. The van der Waals surface area contributed by atoms with Gasteiger partial charge in [-0.05, 0) is 6.92 Å². The summed E-state index contributed by atoms with van der Waals surface area (Å²) in [6.07, 6.45) is -6.82. The van der Waals surface area contributed by atoms with Crippen molar-refractivity contribution in [3.63, 3.8) is 0 Å². The third-order valence-electron chi connectivity index (χ3n) is 2.47. The molecule has 0 aromatic heterocycles. The van der Waals surface area contributed by atoms with Crippen LogP contribution in [0.15, 0.2) is 0 Å². The van der Waals surface area contributed by atoms with Crippen LogP contribution in [0.2, 0.25) is 0 Å². The molecule has 0 radical (unpaired) electrons. The van der Waals surface area contributed by atoms with E-state index in [1.54, 1.807) is 0 Å². The molecule has 0 aliphatic carbocycles. The van der Waals surface area contributed by atoms with Gasteiger partial charge in [-0.1, -0.05) is 0 Å². The molecule has 6 atom stereocenters. The van der Waals surface area contributed by atoms with Crippen molar-refractivity contribution in [1.29, 1.82) is 0 Å². The highest BCUT2D eigenvalue weighted by molar-refractivity contribution is 4.87. The fourth-order valence-electron chi connectivity index (χ4n) is 1.41. The maximum Gasteiger partial charge on any atom is 0.186 e. The lowest BCUT2D eigenvalue weighted by molar-refractivity contribution is -0.297. The van der Waals surface area contributed by atoms with Crippen LogP contribution >= 0.6 is 0 Å². The first-order valence-electron chi connectivity index (χ1n) is 5.07. The van der Waals surface area contributed by atoms with Crippen LogP contribution in [0.5, 0.6) is 0 Å². The Labute approximate surface area is 92.9 Å². The second kappa shape index (κ2) is 5.87. The molecule has 96 valence electrons. The second-order valence-electron chi connectivity index (χ2n) is 3.85. The minimum atomic E-state index is -1.39. The number of aliphatic hydroxyl groups excluding tert-OH is 5. The Morgan fingerprint density at radius 2 is 1.81 bits per heavy atom. The lowest BCUT2D eigenvalue weighted by Crippen LogP contribution is -2.57. The average molecular weight is 238 g/mol. The van der Waals surface area contributed by atoms with E-state index < -0.39 is 43.4 Å². The van der Waals surface area contributed by atoms with Crippen LogP contribution in [0, 0.1) is 0 Å². The molecule has 1 aliphatic heterocycles. The van der Waals surface area contributed by atoms with Gasteiger partial charge in [0.1, 0.15) is 24.4 Å². The van der Waals surface area contributed by atoms with Gasteiger partial charge in [-0.2, -0.15) is 0 Å². The largest absolute Gasteiger partial charge is 0.394 e. The molecule has 1 saturated heterocycles. The van der Waals surface area contributed by atoms with Gasteiger partial charge in [0, 0.05) is 0 Å². The van der Waals surface area contributed by atoms with Crippen molar-refractivity contribution < 1.29 is 35.0 Å². The number of hydrogen-bond acceptors (Lipinski definition) is 7. The van der Waals surface area contributed by atoms with E-state index in [2.05, 4.69) is 0 Å². The summed E-state index contributed by atoms with van der Waals surface area (Å²) in [6, 6.07) is 0. The van der Waals surface area contributed by atoms with Crippen molar-refractivity contribution >= 4 is 0 Å². The molecule has 5 N–H and O–H groups in total. The predicted octanol–water partition coefficient (Wildman–Crippen LogP) is -2.82. The van der Waals surface area contributed by atoms with Gasteiger partial charge in [-0.15, -0.1) is 0 Å². The second-order valence-corrected chi connectivity index (χ2v) is 3.85. The SMILES string of the molecule is C[C@H]1O[C@@H](OC[C@H](O)CO)[C@H](O)[C@@H](O)[C@H]1O. The first-order chi connectivity index (χ1) is 7.47. The van der Waals surface area contributed by atoms with Gasteiger partial charge in [0.15, 0.2) is 6.29 Å². The van der Waals surface area contributed by atoms with Gasteiger partial charge in [-0.25, -0.2) is 0 Å². The summed E-state index contributed by atoms with van der Waals surface area (Å²) in [4.78, 5) is 0. The number of aliphatic hydroxyl groups is 5. The highest BCUT2D eigenvalue weighted by Crippen LogP contribution is 2.21. The topological polar surface area (TPSA) is 120 Å². The normalized spacial score (nSPS) is 42.0. The molecule has 1 heterocycles. The summed E-state index contributed by atoms with van der Waals surface area (Å²) in [6.45, 7) is 0.829. The van der Waals surface area contributed by atoms with E-state index >= 15 is 0 Å². The van der Waals surface area contributed by atoms with Gasteiger partial charge in [0.05, 0.1) is 19.3 Å². The quantitative estimate of drug-likeness (QED) is 0.358. The molecule has 1 rings (SSSR count). The Bertz CT molecular complexity index is 212. The molecule has 1 fully saturated rings. The smallest absolute Gasteiger partial charge is 0.186 e. The molecule has 0 aromatic rings. The summed E-state index contributed by atoms with van der Waals surface area (Å²) in [5.74, 6) is 0. The monoisotopic (exact) mass is 238 g/mol. The van der Waals surface area contributed by atoms with Gasteiger partial charge < -0.3 is 35.0 Å². The van der Waals surface area contributed by atoms with Crippen LogP contribution in [0.4, 0.5) is 0 Å². The summed E-state index contributed by atoms with van der Waals surface area (Å²) in [5, 5.41) is 45.9. The zero-order valence-electron chi connectivity index (χ0n) is 8.93. The number of ether oxygens (including phenoxy) is 2. The standard InChI is InChI=1S/C9H18O7/c1-4-6(12)7(13)8(14)9(16-4)15-3-5(11)2-10/h4-14H,2-3H2,1H3/t4-,5-,6+,7+,8-,9-/m1/s1. The van der Waals surface area contributed by atoms with Gasteiger partial charge in [-0.3, -0.25) is 0 Å². The molecule has 16 heavy (non-hydrogen) atoms. The van der Waals surface area contributed by atoms with Gasteiger partial charge in [0.25, 0.3) is 0 Å². The minimum Gasteiger partial charge on any atom is -0.394 e. The highest BCUT2D eigenvalue weighted by Gasteiger charge is 2.42. The van der Waals surface area contributed by atoms with E-state index in [0.717, 1.165) is 0 Å². The Balaban J connectivity index is 2.47. The number of hydrogen-bond donors (Lipinski definition) is 5. The lowest BCUT2D eigenvalue weighted by atomic mass is 10.0. The van der Waals surface area contributed by atoms with Gasteiger partial charge in [0.2, 0.25) is 0 Å². The molecular formula is C9H18O7. The van der Waals surface area contributed by atoms with Crippen LogP contribution in [-0.4, -0.2) is 75.6 Å². The molecular weight excluding hydrogens is 220 g/mol. The Hall–Kier alpha value is -0.280. The number of rotatable bonds is 4. The molecule has 7 heteroatoms. The van der Waals surface area contributed by atoms with E-state index in [1.165, 1.54) is 6.92 Å². The Morgan fingerprint density at radius 3 is 2.38 bits per heavy atom. The summed E-state index contributed by atoms with van der Waals surface area (Å²) in [7, 11) is 0. The summed E-state index contributed by atoms with van der Waals surface area (Å²) < 4.78 is 10.1. The molecule has 7 nitrogen and oxygen atoms in total. The van der Waals surface area contributed by atoms with Crippen molar-refractivity contribution in [3.05, 3.63) is 0 Å². The maximum atomic E-state index is 9.51. The van der Waals surface area contributed by atoms with E-state index in [9.17, 15) is 15.3 Å². The lowest BCUT2D eigenvalue weighted by Gasteiger charge is -2.39. The zero-order valence-corrected chi connectivity index (χ0v) is 8.93. The summed E-state index contributed by atoms with van der Waals surface area (Å²) in [5.41, 5.74) is 0. The van der Waals surface area contributed by atoms with Crippen molar-refractivity contribution in [2.24, 2.45) is 0 Å². The van der Waals surface area contributed by atoms with Crippen molar-refractivity contribution in [2.45, 2.75) is 43.7 Å². The van der Waals surface area contributed by atoms with E-state index in [1.807, 2.05) is 0 Å². The first kappa shape index (κ1) is 13.8. The fourth-order valence-corrected chi connectivity index (χ4v) is 1.41. The fraction of sp³-hybridized carbons (Fsp3) is 1.00. The van der Waals surface area contributed by atoms with Crippen LogP contribution < -0.4 is 0 Å². The molecule has 0 unspecified atom stereocenters. The molecule has 0 saturated carbocycles. The molecule has 0 aromatic carbocycles. The average Bonchev–Trinajstić information content (AvgIpc) is 2.28. The maximum absolute atomic E-state index is 9.51. The van der Waals surface area contributed by atoms with Crippen molar-refractivity contribution in [1.82, 2.24) is 0 Å². The van der Waals surface area contributed by atoms with E-state index in [4.69, 9.17) is 19.7 Å². The molecule has 1 aliphatic rings. The van der Waals surface area contributed by atoms with E-state index in [0.29, 0.717) is 0 Å². The van der Waals surface area contributed by atoms with Gasteiger partial charge >= 0.3 is 0 Å². The van der Waals surface area contributed by atoms with E-state index in [-0.39, 0.29) is 6.61 Å². The van der Waals surface area contributed by atoms with Crippen LogP contribution in [0.25, 0.3) is 0 Å². The minimum absolute atomic E-state index is 0.228. The van der Waals surface area contributed by atoms with Crippen LogP contribution in [-0.2, 0) is 9.47 Å². The van der Waals surface area contributed by atoms with Crippen molar-refractivity contribution in [3.8, 4) is 0 Å². The highest BCUT2D eigenvalue weighted by atomic mass is 16.7. The molecule has 0 amide bonds.